The number of carbonyl (C=O) groups is 1. The SMILES string of the molecule is NC(=O)[C@@H](Sc1nccn1Cc1ccccc1)c1ccccc1. The third-order valence-corrected chi connectivity index (χ3v) is 4.75. The lowest BCUT2D eigenvalue weighted by molar-refractivity contribution is -0.117. The van der Waals surface area contributed by atoms with Gasteiger partial charge in [0.2, 0.25) is 5.91 Å². The predicted octanol–water partition coefficient (Wildman–Crippen LogP) is 3.25. The van der Waals surface area contributed by atoms with E-state index in [4.69, 9.17) is 5.73 Å². The summed E-state index contributed by atoms with van der Waals surface area (Å²) < 4.78 is 2.03. The summed E-state index contributed by atoms with van der Waals surface area (Å²) >= 11 is 1.38. The molecule has 0 unspecified atom stereocenters. The summed E-state index contributed by atoms with van der Waals surface area (Å²) in [6, 6.07) is 19.7. The number of aromatic nitrogens is 2. The summed E-state index contributed by atoms with van der Waals surface area (Å²) in [5.74, 6) is -0.365. The van der Waals surface area contributed by atoms with Crippen LogP contribution in [0.5, 0.6) is 0 Å². The Labute approximate surface area is 139 Å². The summed E-state index contributed by atoms with van der Waals surface area (Å²) in [5.41, 5.74) is 7.66. The van der Waals surface area contributed by atoms with Gasteiger partial charge in [-0.15, -0.1) is 0 Å². The molecule has 2 N–H and O–H groups in total. The number of hydrogen-bond acceptors (Lipinski definition) is 3. The highest BCUT2D eigenvalue weighted by atomic mass is 32.2. The second kappa shape index (κ2) is 7.15. The molecule has 4 nitrogen and oxygen atoms in total. The number of primary amides is 1. The van der Waals surface area contributed by atoms with Gasteiger partial charge in [0.15, 0.2) is 5.16 Å². The van der Waals surface area contributed by atoms with E-state index in [9.17, 15) is 4.79 Å². The number of hydrogen-bond donors (Lipinski definition) is 1. The molecule has 0 aliphatic rings. The van der Waals surface area contributed by atoms with E-state index in [0.29, 0.717) is 6.54 Å². The minimum atomic E-state index is -0.451. The van der Waals surface area contributed by atoms with Gasteiger partial charge in [-0.1, -0.05) is 72.4 Å². The number of carbonyl (C=O) groups excluding carboxylic acids is 1. The number of rotatable bonds is 6. The summed E-state index contributed by atoms with van der Waals surface area (Å²) in [6.07, 6.45) is 3.66. The lowest BCUT2D eigenvalue weighted by Crippen LogP contribution is -2.19. The normalized spacial score (nSPS) is 12.0. The average Bonchev–Trinajstić information content (AvgIpc) is 3.01. The zero-order valence-corrected chi connectivity index (χ0v) is 13.3. The van der Waals surface area contributed by atoms with Crippen LogP contribution in [0.15, 0.2) is 78.2 Å². The molecule has 0 aliphatic heterocycles. The van der Waals surface area contributed by atoms with Gasteiger partial charge in [-0.3, -0.25) is 4.79 Å². The lowest BCUT2D eigenvalue weighted by atomic mass is 10.1. The first-order valence-electron chi connectivity index (χ1n) is 7.30. The molecule has 5 heteroatoms. The molecule has 2 aromatic carbocycles. The molecule has 1 atom stereocenters. The van der Waals surface area contributed by atoms with Crippen LogP contribution >= 0.6 is 11.8 Å². The van der Waals surface area contributed by atoms with Crippen LogP contribution in [0.4, 0.5) is 0 Å². The number of nitrogens with two attached hydrogens (primary N) is 1. The Kier molecular flexibility index (Phi) is 4.78. The highest BCUT2D eigenvalue weighted by molar-refractivity contribution is 8.00. The fraction of sp³-hybridized carbons (Fsp3) is 0.111. The number of imidazole rings is 1. The van der Waals surface area contributed by atoms with Crippen LogP contribution in [0.1, 0.15) is 16.4 Å². The van der Waals surface area contributed by atoms with Crippen LogP contribution in [-0.4, -0.2) is 15.5 Å². The molecule has 0 radical (unpaired) electrons. The Morgan fingerprint density at radius 3 is 2.39 bits per heavy atom. The molecule has 0 saturated carbocycles. The Hall–Kier alpha value is -2.53. The molecule has 1 aromatic heterocycles. The first kappa shape index (κ1) is 15.4. The van der Waals surface area contributed by atoms with Crippen molar-refractivity contribution in [1.29, 1.82) is 0 Å². The number of benzene rings is 2. The van der Waals surface area contributed by atoms with Crippen molar-refractivity contribution >= 4 is 17.7 Å². The Morgan fingerprint density at radius 1 is 1.09 bits per heavy atom. The minimum Gasteiger partial charge on any atom is -0.368 e. The van der Waals surface area contributed by atoms with Gasteiger partial charge in [0.25, 0.3) is 0 Å². The van der Waals surface area contributed by atoms with E-state index in [0.717, 1.165) is 10.7 Å². The summed E-state index contributed by atoms with van der Waals surface area (Å²) in [5, 5.41) is 0.328. The third kappa shape index (κ3) is 3.81. The van der Waals surface area contributed by atoms with Crippen molar-refractivity contribution in [2.24, 2.45) is 5.73 Å². The maximum atomic E-state index is 11.9. The van der Waals surface area contributed by atoms with E-state index in [2.05, 4.69) is 17.1 Å². The average molecular weight is 323 g/mol. The summed E-state index contributed by atoms with van der Waals surface area (Å²) in [6.45, 7) is 0.712. The van der Waals surface area contributed by atoms with Gasteiger partial charge in [0.1, 0.15) is 5.25 Å². The zero-order chi connectivity index (χ0) is 16.1. The fourth-order valence-corrected chi connectivity index (χ4v) is 3.34. The second-order valence-electron chi connectivity index (χ2n) is 5.13. The van der Waals surface area contributed by atoms with Gasteiger partial charge in [0.05, 0.1) is 0 Å². The van der Waals surface area contributed by atoms with Gasteiger partial charge in [-0.25, -0.2) is 4.98 Å². The molecular weight excluding hydrogens is 306 g/mol. The van der Waals surface area contributed by atoms with Crippen molar-refractivity contribution < 1.29 is 4.79 Å². The van der Waals surface area contributed by atoms with Crippen molar-refractivity contribution in [2.45, 2.75) is 17.0 Å². The Bertz CT molecular complexity index is 771. The van der Waals surface area contributed by atoms with Gasteiger partial charge in [0, 0.05) is 18.9 Å². The molecule has 1 amide bonds. The molecule has 1 heterocycles. The van der Waals surface area contributed by atoms with Crippen LogP contribution in [0.3, 0.4) is 0 Å². The van der Waals surface area contributed by atoms with E-state index in [1.165, 1.54) is 17.3 Å². The quantitative estimate of drug-likeness (QED) is 0.708. The molecule has 3 rings (SSSR count). The second-order valence-corrected chi connectivity index (χ2v) is 6.21. The van der Waals surface area contributed by atoms with Crippen LogP contribution in [-0.2, 0) is 11.3 Å². The first-order valence-corrected chi connectivity index (χ1v) is 8.18. The molecule has 0 saturated heterocycles. The van der Waals surface area contributed by atoms with Gasteiger partial charge in [-0.05, 0) is 11.1 Å². The van der Waals surface area contributed by atoms with Crippen LogP contribution in [0, 0.1) is 0 Å². The topological polar surface area (TPSA) is 60.9 Å². The minimum absolute atomic E-state index is 0.365. The molecule has 0 fully saturated rings. The summed E-state index contributed by atoms with van der Waals surface area (Å²) in [4.78, 5) is 16.2. The number of nitrogens with zero attached hydrogens (tertiary/aromatic N) is 2. The molecule has 116 valence electrons. The zero-order valence-electron chi connectivity index (χ0n) is 12.5. The maximum absolute atomic E-state index is 11.9. The molecule has 0 bridgehead atoms. The van der Waals surface area contributed by atoms with E-state index < -0.39 is 5.25 Å². The van der Waals surface area contributed by atoms with Crippen molar-refractivity contribution in [1.82, 2.24) is 9.55 Å². The van der Waals surface area contributed by atoms with Gasteiger partial charge < -0.3 is 10.3 Å². The highest BCUT2D eigenvalue weighted by Crippen LogP contribution is 2.34. The van der Waals surface area contributed by atoms with Crippen molar-refractivity contribution in [2.75, 3.05) is 0 Å². The lowest BCUT2D eigenvalue weighted by Gasteiger charge is -2.14. The fourth-order valence-electron chi connectivity index (χ4n) is 2.34. The monoisotopic (exact) mass is 323 g/mol. The number of thioether (sulfide) groups is 1. The van der Waals surface area contributed by atoms with Crippen molar-refractivity contribution in [3.8, 4) is 0 Å². The van der Waals surface area contributed by atoms with Gasteiger partial charge >= 0.3 is 0 Å². The molecular formula is C18H17N3OS. The standard InChI is InChI=1S/C18H17N3OS/c19-17(22)16(15-9-5-2-6-10-15)23-18-20-11-12-21(18)13-14-7-3-1-4-8-14/h1-12,16H,13H2,(H2,19,22)/t16-/m0/s1. The van der Waals surface area contributed by atoms with E-state index in [1.54, 1.807) is 6.20 Å². The molecule has 0 spiro atoms. The van der Waals surface area contributed by atoms with Crippen LogP contribution in [0.25, 0.3) is 0 Å². The molecule has 3 aromatic rings. The third-order valence-electron chi connectivity index (χ3n) is 3.46. The van der Waals surface area contributed by atoms with Crippen LogP contribution < -0.4 is 5.73 Å². The van der Waals surface area contributed by atoms with Crippen LogP contribution in [0.2, 0.25) is 0 Å². The largest absolute Gasteiger partial charge is 0.368 e. The van der Waals surface area contributed by atoms with Gasteiger partial charge in [-0.2, -0.15) is 0 Å². The smallest absolute Gasteiger partial charge is 0.235 e. The highest BCUT2D eigenvalue weighted by Gasteiger charge is 2.21. The van der Waals surface area contributed by atoms with E-state index in [1.807, 2.05) is 59.3 Å². The first-order chi connectivity index (χ1) is 11.2. The van der Waals surface area contributed by atoms with Crippen molar-refractivity contribution in [3.63, 3.8) is 0 Å². The molecule has 0 aliphatic carbocycles. The Balaban J connectivity index is 1.82. The number of amides is 1. The van der Waals surface area contributed by atoms with E-state index in [-0.39, 0.29) is 5.91 Å². The summed E-state index contributed by atoms with van der Waals surface area (Å²) in [7, 11) is 0. The molecule has 23 heavy (non-hydrogen) atoms. The van der Waals surface area contributed by atoms with Crippen molar-refractivity contribution in [3.05, 3.63) is 84.2 Å². The Morgan fingerprint density at radius 2 is 1.74 bits per heavy atom. The predicted molar refractivity (Wildman–Crippen MR) is 92.0 cm³/mol. The maximum Gasteiger partial charge on any atom is 0.235 e. The van der Waals surface area contributed by atoms with E-state index >= 15 is 0 Å².